The molecule has 0 N–H and O–H groups in total. The number of aromatic nitrogens is 4. The number of benzene rings is 1. The maximum atomic E-state index is 13.3. The van der Waals surface area contributed by atoms with Crippen LogP contribution in [0.25, 0.3) is 5.65 Å². The largest absolute Gasteiger partial charge is 0.490 e. The van der Waals surface area contributed by atoms with Crippen molar-refractivity contribution in [1.29, 1.82) is 0 Å². The predicted octanol–water partition coefficient (Wildman–Crippen LogP) is 3.24. The highest BCUT2D eigenvalue weighted by atomic mass is 19.1. The monoisotopic (exact) mass is 355 g/mol. The van der Waals surface area contributed by atoms with Gasteiger partial charge in [0.25, 0.3) is 0 Å². The number of piperidine rings is 1. The molecule has 1 fully saturated rings. The van der Waals surface area contributed by atoms with E-state index < -0.39 is 0 Å². The second-order valence-corrected chi connectivity index (χ2v) is 6.81. The lowest BCUT2D eigenvalue weighted by atomic mass is 10.1. The first-order valence-corrected chi connectivity index (χ1v) is 8.89. The predicted molar refractivity (Wildman–Crippen MR) is 97.3 cm³/mol. The number of nitrogens with zero attached hydrogens (tertiary/aromatic N) is 5. The van der Waals surface area contributed by atoms with E-state index in [0.29, 0.717) is 5.75 Å². The molecule has 0 radical (unpaired) electrons. The molecule has 4 rings (SSSR count). The molecule has 7 heteroatoms. The van der Waals surface area contributed by atoms with Crippen LogP contribution in [0.5, 0.6) is 5.75 Å². The standard InChI is InChI=1S/C19H22FN5O/c1-12-13(2)19(23-25-18(12)21-14(3)22-25)24-9-7-16(8-10-24)26-17-6-4-5-15(20)11-17/h4-6,11,16H,7-10H2,1-3H3. The van der Waals surface area contributed by atoms with Crippen molar-refractivity contribution in [3.8, 4) is 5.75 Å². The van der Waals surface area contributed by atoms with Gasteiger partial charge in [-0.05, 0) is 32.9 Å². The lowest BCUT2D eigenvalue weighted by molar-refractivity contribution is 0.170. The summed E-state index contributed by atoms with van der Waals surface area (Å²) in [6.07, 6.45) is 1.82. The van der Waals surface area contributed by atoms with Gasteiger partial charge >= 0.3 is 0 Å². The first-order chi connectivity index (χ1) is 12.5. The number of rotatable bonds is 3. The summed E-state index contributed by atoms with van der Waals surface area (Å²) in [6, 6.07) is 6.33. The number of halogens is 1. The van der Waals surface area contributed by atoms with E-state index in [1.807, 2.05) is 6.92 Å². The van der Waals surface area contributed by atoms with Gasteiger partial charge in [0.1, 0.15) is 23.5 Å². The smallest absolute Gasteiger partial charge is 0.179 e. The molecule has 0 bridgehead atoms. The Morgan fingerprint density at radius 2 is 1.85 bits per heavy atom. The molecule has 0 spiro atoms. The van der Waals surface area contributed by atoms with Gasteiger partial charge in [-0.15, -0.1) is 14.8 Å². The normalized spacial score (nSPS) is 15.6. The van der Waals surface area contributed by atoms with Gasteiger partial charge in [0.2, 0.25) is 0 Å². The molecule has 0 unspecified atom stereocenters. The lowest BCUT2D eigenvalue weighted by Gasteiger charge is -2.33. The van der Waals surface area contributed by atoms with Crippen LogP contribution in [0.3, 0.4) is 0 Å². The minimum Gasteiger partial charge on any atom is -0.490 e. The summed E-state index contributed by atoms with van der Waals surface area (Å²) in [4.78, 5) is 6.71. The molecule has 6 nitrogen and oxygen atoms in total. The van der Waals surface area contributed by atoms with Crippen LogP contribution in [0.2, 0.25) is 0 Å². The van der Waals surface area contributed by atoms with Gasteiger partial charge < -0.3 is 9.64 Å². The summed E-state index contributed by atoms with van der Waals surface area (Å²) in [5.41, 5.74) is 3.05. The van der Waals surface area contributed by atoms with Crippen LogP contribution < -0.4 is 9.64 Å². The summed E-state index contributed by atoms with van der Waals surface area (Å²) in [5.74, 6) is 1.99. The average molecular weight is 355 g/mol. The van der Waals surface area contributed by atoms with Crippen LogP contribution in [-0.2, 0) is 0 Å². The van der Waals surface area contributed by atoms with Gasteiger partial charge in [-0.3, -0.25) is 0 Å². The highest BCUT2D eigenvalue weighted by Crippen LogP contribution is 2.27. The maximum absolute atomic E-state index is 13.3. The fourth-order valence-corrected chi connectivity index (χ4v) is 3.43. The fourth-order valence-electron chi connectivity index (χ4n) is 3.43. The van der Waals surface area contributed by atoms with Crippen LogP contribution >= 0.6 is 0 Å². The molecule has 1 aliphatic rings. The Balaban J connectivity index is 1.49. The van der Waals surface area contributed by atoms with Crippen molar-refractivity contribution < 1.29 is 9.13 Å². The molecule has 0 amide bonds. The molecule has 1 saturated heterocycles. The van der Waals surface area contributed by atoms with Crippen molar-refractivity contribution >= 4 is 11.5 Å². The zero-order valence-electron chi connectivity index (χ0n) is 15.2. The number of hydrogen-bond acceptors (Lipinski definition) is 5. The number of fused-ring (bicyclic) bond motifs is 1. The van der Waals surface area contributed by atoms with Crippen molar-refractivity contribution in [3.63, 3.8) is 0 Å². The minimum absolute atomic E-state index is 0.0896. The molecular weight excluding hydrogens is 333 g/mol. The third-order valence-corrected chi connectivity index (χ3v) is 4.96. The zero-order valence-corrected chi connectivity index (χ0v) is 15.2. The molecule has 1 aromatic carbocycles. The molecule has 3 aromatic rings. The van der Waals surface area contributed by atoms with Gasteiger partial charge in [-0.2, -0.15) is 0 Å². The topological polar surface area (TPSA) is 55.5 Å². The summed E-state index contributed by atoms with van der Waals surface area (Å²) >= 11 is 0. The Morgan fingerprint density at radius 1 is 1.08 bits per heavy atom. The van der Waals surface area contributed by atoms with E-state index in [4.69, 9.17) is 4.74 Å². The average Bonchev–Trinajstić information content (AvgIpc) is 3.00. The number of anilines is 1. The number of aryl methyl sites for hydroxylation is 2. The second kappa shape index (κ2) is 6.55. The van der Waals surface area contributed by atoms with E-state index in [1.54, 1.807) is 16.8 Å². The zero-order chi connectivity index (χ0) is 18.3. The van der Waals surface area contributed by atoms with Crippen molar-refractivity contribution in [2.75, 3.05) is 18.0 Å². The van der Waals surface area contributed by atoms with E-state index >= 15 is 0 Å². The second-order valence-electron chi connectivity index (χ2n) is 6.81. The van der Waals surface area contributed by atoms with Gasteiger partial charge in [0.05, 0.1) is 0 Å². The molecule has 1 aliphatic heterocycles. The Kier molecular flexibility index (Phi) is 4.22. The third-order valence-electron chi connectivity index (χ3n) is 4.96. The van der Waals surface area contributed by atoms with Crippen LogP contribution in [0.4, 0.5) is 10.2 Å². The fraction of sp³-hybridized carbons (Fsp3) is 0.421. The number of hydrogen-bond donors (Lipinski definition) is 0. The summed E-state index contributed by atoms with van der Waals surface area (Å²) in [7, 11) is 0. The highest BCUT2D eigenvalue weighted by Gasteiger charge is 2.24. The Hall–Kier alpha value is -2.70. The Bertz CT molecular complexity index is 946. The van der Waals surface area contributed by atoms with Gasteiger partial charge in [-0.1, -0.05) is 6.07 Å². The molecular formula is C19H22FN5O. The molecule has 3 heterocycles. The van der Waals surface area contributed by atoms with Crippen molar-refractivity contribution in [2.45, 2.75) is 39.7 Å². The lowest BCUT2D eigenvalue weighted by Crippen LogP contribution is -2.39. The van der Waals surface area contributed by atoms with Crippen LogP contribution in [0.1, 0.15) is 29.8 Å². The molecule has 26 heavy (non-hydrogen) atoms. The van der Waals surface area contributed by atoms with Gasteiger partial charge in [-0.25, -0.2) is 9.37 Å². The summed E-state index contributed by atoms with van der Waals surface area (Å²) in [6.45, 7) is 7.69. The third kappa shape index (κ3) is 3.09. The van der Waals surface area contributed by atoms with Crippen molar-refractivity contribution in [2.24, 2.45) is 0 Å². The number of ether oxygens (including phenoxy) is 1. The summed E-state index contributed by atoms with van der Waals surface area (Å²) < 4.78 is 20.9. The van der Waals surface area contributed by atoms with Gasteiger partial charge in [0.15, 0.2) is 11.5 Å². The Labute approximate surface area is 151 Å². The first-order valence-electron chi connectivity index (χ1n) is 8.89. The van der Waals surface area contributed by atoms with E-state index in [-0.39, 0.29) is 11.9 Å². The molecule has 136 valence electrons. The van der Waals surface area contributed by atoms with Crippen LogP contribution in [-0.4, -0.2) is 39.0 Å². The summed E-state index contributed by atoms with van der Waals surface area (Å²) in [5, 5.41) is 9.04. The molecule has 2 aromatic heterocycles. The van der Waals surface area contributed by atoms with Crippen LogP contribution in [0.15, 0.2) is 24.3 Å². The maximum Gasteiger partial charge on any atom is 0.179 e. The minimum atomic E-state index is -0.272. The van der Waals surface area contributed by atoms with E-state index in [1.165, 1.54) is 12.1 Å². The van der Waals surface area contributed by atoms with Crippen molar-refractivity contribution in [1.82, 2.24) is 19.8 Å². The van der Waals surface area contributed by atoms with E-state index in [9.17, 15) is 4.39 Å². The van der Waals surface area contributed by atoms with E-state index in [2.05, 4.69) is 33.9 Å². The van der Waals surface area contributed by atoms with E-state index in [0.717, 1.165) is 54.3 Å². The SMILES string of the molecule is Cc1nc2c(C)c(C)c(N3CCC(Oc4cccc(F)c4)CC3)nn2n1. The quantitative estimate of drug-likeness (QED) is 0.722. The van der Waals surface area contributed by atoms with Crippen molar-refractivity contribution in [3.05, 3.63) is 47.0 Å². The van der Waals surface area contributed by atoms with Gasteiger partial charge in [0, 0.05) is 43.1 Å². The first kappa shape index (κ1) is 16.8. The molecule has 0 aliphatic carbocycles. The molecule has 0 atom stereocenters. The Morgan fingerprint density at radius 3 is 2.58 bits per heavy atom. The molecule has 0 saturated carbocycles. The highest BCUT2D eigenvalue weighted by molar-refractivity contribution is 5.59. The van der Waals surface area contributed by atoms with Crippen LogP contribution in [0, 0.1) is 26.6 Å².